The van der Waals surface area contributed by atoms with E-state index in [0.717, 1.165) is 19.0 Å². The predicted octanol–water partition coefficient (Wildman–Crippen LogP) is 2.14. The number of aliphatic imine (C=N–C) groups is 1. The van der Waals surface area contributed by atoms with Gasteiger partial charge in [-0.15, -0.1) is 0 Å². The molecule has 1 aromatic carbocycles. The highest BCUT2D eigenvalue weighted by molar-refractivity contribution is 5.57. The summed E-state index contributed by atoms with van der Waals surface area (Å²) in [4.78, 5) is 6.65. The number of nitrogens with zero attached hydrogens (tertiary/aromatic N) is 2. The number of aryl methyl sites for hydroxylation is 1. The van der Waals surface area contributed by atoms with Crippen LogP contribution in [-0.4, -0.2) is 30.9 Å². The largest absolute Gasteiger partial charge is 0.361 e. The van der Waals surface area contributed by atoms with Crippen LogP contribution in [0.3, 0.4) is 0 Å². The van der Waals surface area contributed by atoms with Crippen LogP contribution in [-0.2, 0) is 12.8 Å². The van der Waals surface area contributed by atoms with Gasteiger partial charge in [0, 0.05) is 13.1 Å². The van der Waals surface area contributed by atoms with Gasteiger partial charge in [-0.1, -0.05) is 24.3 Å². The van der Waals surface area contributed by atoms with E-state index < -0.39 is 0 Å². The molecule has 84 valence electrons. The zero-order valence-corrected chi connectivity index (χ0v) is 9.60. The first-order chi connectivity index (χ1) is 7.92. The van der Waals surface area contributed by atoms with E-state index in [9.17, 15) is 0 Å². The van der Waals surface area contributed by atoms with Crippen LogP contribution in [0.1, 0.15) is 17.5 Å². The minimum Gasteiger partial charge on any atom is -0.361 e. The summed E-state index contributed by atoms with van der Waals surface area (Å²) in [6.45, 7) is 3.30. The normalized spacial score (nSPS) is 23.5. The molecule has 0 N–H and O–H groups in total. The molecule has 0 amide bonds. The zero-order valence-electron chi connectivity index (χ0n) is 9.60. The SMILES string of the molecule is C1=NCCN1C[C@H]1CCc2ccccc2C1. The second-order valence-electron chi connectivity index (χ2n) is 4.89. The number of rotatable bonds is 2. The molecule has 16 heavy (non-hydrogen) atoms. The lowest BCUT2D eigenvalue weighted by Crippen LogP contribution is -2.30. The van der Waals surface area contributed by atoms with Crippen LogP contribution in [0.4, 0.5) is 0 Å². The standard InChI is InChI=1S/C14H18N2/c1-2-4-14-9-12(5-6-13(14)3-1)10-16-8-7-15-11-16/h1-4,11-12H,5-10H2/t12-/m0/s1. The summed E-state index contributed by atoms with van der Waals surface area (Å²) in [5.41, 5.74) is 3.13. The van der Waals surface area contributed by atoms with Gasteiger partial charge in [-0.25, -0.2) is 0 Å². The van der Waals surface area contributed by atoms with Gasteiger partial charge in [-0.05, 0) is 36.3 Å². The minimum atomic E-state index is 0.819. The van der Waals surface area contributed by atoms with Gasteiger partial charge in [0.2, 0.25) is 0 Å². The molecule has 1 atom stereocenters. The van der Waals surface area contributed by atoms with Gasteiger partial charge < -0.3 is 4.90 Å². The van der Waals surface area contributed by atoms with Crippen molar-refractivity contribution in [1.29, 1.82) is 0 Å². The number of fused-ring (bicyclic) bond motifs is 1. The molecule has 0 aromatic heterocycles. The van der Waals surface area contributed by atoms with Crippen molar-refractivity contribution < 1.29 is 0 Å². The average molecular weight is 214 g/mol. The monoisotopic (exact) mass is 214 g/mol. The Labute approximate surface area is 97.0 Å². The van der Waals surface area contributed by atoms with E-state index in [0.29, 0.717) is 0 Å². The summed E-state index contributed by atoms with van der Waals surface area (Å²) in [5, 5.41) is 0. The van der Waals surface area contributed by atoms with Gasteiger partial charge in [0.05, 0.1) is 12.9 Å². The molecule has 0 bridgehead atoms. The summed E-state index contributed by atoms with van der Waals surface area (Å²) in [6, 6.07) is 8.90. The van der Waals surface area contributed by atoms with E-state index in [2.05, 4.69) is 34.2 Å². The molecule has 0 saturated carbocycles. The highest BCUT2D eigenvalue weighted by atomic mass is 15.2. The Morgan fingerprint density at radius 2 is 2.12 bits per heavy atom. The Hall–Kier alpha value is -1.31. The second kappa shape index (κ2) is 4.28. The number of benzene rings is 1. The first-order valence-corrected chi connectivity index (χ1v) is 6.22. The zero-order chi connectivity index (χ0) is 10.8. The molecule has 0 unspecified atom stereocenters. The molecule has 0 spiro atoms. The van der Waals surface area contributed by atoms with Crippen molar-refractivity contribution in [1.82, 2.24) is 4.90 Å². The van der Waals surface area contributed by atoms with Crippen molar-refractivity contribution in [2.45, 2.75) is 19.3 Å². The Balaban J connectivity index is 1.66. The summed E-state index contributed by atoms with van der Waals surface area (Å²) in [5.74, 6) is 0.819. The van der Waals surface area contributed by atoms with Crippen LogP contribution in [0.5, 0.6) is 0 Å². The van der Waals surface area contributed by atoms with Crippen molar-refractivity contribution in [3.63, 3.8) is 0 Å². The van der Waals surface area contributed by atoms with E-state index in [4.69, 9.17) is 0 Å². The van der Waals surface area contributed by atoms with Crippen molar-refractivity contribution in [3.8, 4) is 0 Å². The van der Waals surface area contributed by atoms with Gasteiger partial charge in [0.1, 0.15) is 0 Å². The molecule has 0 radical (unpaired) electrons. The van der Waals surface area contributed by atoms with Gasteiger partial charge in [0.15, 0.2) is 0 Å². The van der Waals surface area contributed by atoms with E-state index in [1.165, 1.54) is 25.8 Å². The van der Waals surface area contributed by atoms with Crippen molar-refractivity contribution >= 4 is 6.34 Å². The van der Waals surface area contributed by atoms with Gasteiger partial charge in [-0.2, -0.15) is 0 Å². The van der Waals surface area contributed by atoms with Crippen LogP contribution in [0.2, 0.25) is 0 Å². The lowest BCUT2D eigenvalue weighted by atomic mass is 9.84. The second-order valence-corrected chi connectivity index (χ2v) is 4.89. The maximum atomic E-state index is 4.28. The van der Waals surface area contributed by atoms with Crippen LogP contribution >= 0.6 is 0 Å². The van der Waals surface area contributed by atoms with E-state index >= 15 is 0 Å². The number of hydrogen-bond donors (Lipinski definition) is 0. The lowest BCUT2D eigenvalue weighted by Gasteiger charge is -2.27. The molecule has 1 aliphatic heterocycles. The van der Waals surface area contributed by atoms with E-state index in [1.807, 2.05) is 6.34 Å². The fourth-order valence-corrected chi connectivity index (χ4v) is 2.82. The molecular formula is C14H18N2. The molecule has 3 rings (SSSR count). The highest BCUT2D eigenvalue weighted by Gasteiger charge is 2.20. The van der Waals surface area contributed by atoms with Crippen LogP contribution in [0, 0.1) is 5.92 Å². The van der Waals surface area contributed by atoms with Crippen LogP contribution in [0.25, 0.3) is 0 Å². The molecule has 2 nitrogen and oxygen atoms in total. The maximum Gasteiger partial charge on any atom is 0.0851 e. The van der Waals surface area contributed by atoms with Gasteiger partial charge >= 0.3 is 0 Å². The summed E-state index contributed by atoms with van der Waals surface area (Å²) in [6.07, 6.45) is 5.87. The van der Waals surface area contributed by atoms with E-state index in [-0.39, 0.29) is 0 Å². The first kappa shape index (κ1) is 9.88. The lowest BCUT2D eigenvalue weighted by molar-refractivity contribution is 0.337. The van der Waals surface area contributed by atoms with Crippen LogP contribution in [0.15, 0.2) is 29.3 Å². The average Bonchev–Trinajstić information content (AvgIpc) is 2.82. The maximum absolute atomic E-state index is 4.28. The molecule has 2 aliphatic rings. The molecule has 1 aliphatic carbocycles. The Morgan fingerprint density at radius 1 is 1.25 bits per heavy atom. The highest BCUT2D eigenvalue weighted by Crippen LogP contribution is 2.25. The Morgan fingerprint density at radius 3 is 2.94 bits per heavy atom. The Kier molecular flexibility index (Phi) is 2.65. The quantitative estimate of drug-likeness (QED) is 0.736. The van der Waals surface area contributed by atoms with E-state index in [1.54, 1.807) is 11.1 Å². The first-order valence-electron chi connectivity index (χ1n) is 6.22. The van der Waals surface area contributed by atoms with Crippen molar-refractivity contribution in [2.24, 2.45) is 10.9 Å². The molecule has 1 heterocycles. The van der Waals surface area contributed by atoms with Crippen molar-refractivity contribution in [3.05, 3.63) is 35.4 Å². The number of hydrogen-bond acceptors (Lipinski definition) is 2. The molecular weight excluding hydrogens is 196 g/mol. The van der Waals surface area contributed by atoms with Crippen molar-refractivity contribution in [2.75, 3.05) is 19.6 Å². The Bertz CT molecular complexity index is 397. The fourth-order valence-electron chi connectivity index (χ4n) is 2.82. The molecule has 0 saturated heterocycles. The minimum absolute atomic E-state index is 0.819. The molecule has 0 fully saturated rings. The third-order valence-electron chi connectivity index (χ3n) is 3.70. The third kappa shape index (κ3) is 1.97. The fraction of sp³-hybridized carbons (Fsp3) is 0.500. The summed E-state index contributed by atoms with van der Waals surface area (Å²) in [7, 11) is 0. The molecule has 2 heteroatoms. The van der Waals surface area contributed by atoms with Gasteiger partial charge in [-0.3, -0.25) is 4.99 Å². The van der Waals surface area contributed by atoms with Crippen LogP contribution < -0.4 is 0 Å². The predicted molar refractivity (Wildman–Crippen MR) is 66.9 cm³/mol. The van der Waals surface area contributed by atoms with Gasteiger partial charge in [0.25, 0.3) is 0 Å². The smallest absolute Gasteiger partial charge is 0.0851 e. The topological polar surface area (TPSA) is 15.6 Å². The summed E-state index contributed by atoms with van der Waals surface area (Å²) < 4.78 is 0. The molecule has 1 aromatic rings. The summed E-state index contributed by atoms with van der Waals surface area (Å²) >= 11 is 0. The third-order valence-corrected chi connectivity index (χ3v) is 3.70.